The minimum absolute atomic E-state index is 0.0511. The van der Waals surface area contributed by atoms with Crippen molar-refractivity contribution in [2.24, 2.45) is 5.11 Å². The smallest absolute Gasteiger partial charge is 0.157 e. The predicted octanol–water partition coefficient (Wildman–Crippen LogP) is 2.62. The van der Waals surface area contributed by atoms with E-state index in [2.05, 4.69) is 10.0 Å². The molecule has 0 amide bonds. The largest absolute Gasteiger partial charge is 0.353 e. The highest BCUT2D eigenvalue weighted by Crippen LogP contribution is 2.16. The molecule has 80 valence electrons. The molecular formula is C9H17N3O2. The van der Waals surface area contributed by atoms with Crippen LogP contribution < -0.4 is 0 Å². The van der Waals surface area contributed by atoms with E-state index >= 15 is 0 Å². The van der Waals surface area contributed by atoms with E-state index in [1.54, 1.807) is 0 Å². The normalized spacial score (nSPS) is 23.9. The van der Waals surface area contributed by atoms with E-state index < -0.39 is 0 Å². The highest BCUT2D eigenvalue weighted by atomic mass is 16.7. The Kier molecular flexibility index (Phi) is 5.37. The molecule has 0 spiro atoms. The van der Waals surface area contributed by atoms with Crippen molar-refractivity contribution in [2.45, 2.75) is 45.0 Å². The van der Waals surface area contributed by atoms with E-state index in [1.165, 1.54) is 6.42 Å². The zero-order valence-electron chi connectivity index (χ0n) is 8.56. The van der Waals surface area contributed by atoms with Gasteiger partial charge >= 0.3 is 0 Å². The third kappa shape index (κ3) is 4.46. The van der Waals surface area contributed by atoms with Gasteiger partial charge in [-0.3, -0.25) is 0 Å². The molecule has 1 aliphatic heterocycles. The van der Waals surface area contributed by atoms with Gasteiger partial charge in [-0.2, -0.15) is 0 Å². The van der Waals surface area contributed by atoms with Crippen LogP contribution in [0.4, 0.5) is 0 Å². The van der Waals surface area contributed by atoms with Crippen LogP contribution in [0.5, 0.6) is 0 Å². The summed E-state index contributed by atoms with van der Waals surface area (Å²) in [5.41, 5.74) is 8.09. The van der Waals surface area contributed by atoms with Crippen molar-refractivity contribution in [1.29, 1.82) is 0 Å². The van der Waals surface area contributed by atoms with Crippen LogP contribution in [0, 0.1) is 0 Å². The molecule has 1 aliphatic rings. The first kappa shape index (κ1) is 11.3. The fraction of sp³-hybridized carbons (Fsp3) is 1.00. The number of hydrogen-bond donors (Lipinski definition) is 0. The van der Waals surface area contributed by atoms with Gasteiger partial charge in [0.2, 0.25) is 0 Å². The summed E-state index contributed by atoms with van der Waals surface area (Å²) in [6.07, 6.45) is 4.09. The molecule has 14 heavy (non-hydrogen) atoms. The quantitative estimate of drug-likeness (QED) is 0.388. The maximum atomic E-state index is 8.09. The summed E-state index contributed by atoms with van der Waals surface area (Å²) in [5, 5.41) is 3.46. The van der Waals surface area contributed by atoms with Crippen molar-refractivity contribution in [3.8, 4) is 0 Å². The summed E-state index contributed by atoms with van der Waals surface area (Å²) in [7, 11) is 0. The van der Waals surface area contributed by atoms with Gasteiger partial charge in [0, 0.05) is 18.1 Å². The fourth-order valence-corrected chi connectivity index (χ4v) is 1.43. The monoisotopic (exact) mass is 199 g/mol. The van der Waals surface area contributed by atoms with E-state index in [0.29, 0.717) is 6.54 Å². The van der Waals surface area contributed by atoms with Crippen molar-refractivity contribution in [2.75, 3.05) is 13.2 Å². The van der Waals surface area contributed by atoms with Crippen LogP contribution in [0.1, 0.15) is 32.6 Å². The zero-order valence-corrected chi connectivity index (χ0v) is 8.56. The number of rotatable bonds is 5. The number of ether oxygens (including phenoxy) is 2. The summed E-state index contributed by atoms with van der Waals surface area (Å²) in [6.45, 7) is 3.27. The van der Waals surface area contributed by atoms with Gasteiger partial charge in [-0.15, -0.1) is 0 Å². The fourth-order valence-electron chi connectivity index (χ4n) is 1.43. The molecule has 0 aromatic rings. The lowest BCUT2D eigenvalue weighted by Gasteiger charge is -2.25. The summed E-state index contributed by atoms with van der Waals surface area (Å²) in [4.78, 5) is 2.69. The molecule has 1 fully saturated rings. The molecule has 1 saturated heterocycles. The Morgan fingerprint density at radius 2 is 2.50 bits per heavy atom. The van der Waals surface area contributed by atoms with Crippen LogP contribution in [-0.2, 0) is 9.47 Å². The van der Waals surface area contributed by atoms with Gasteiger partial charge in [-0.05, 0) is 38.1 Å². The van der Waals surface area contributed by atoms with E-state index in [-0.39, 0.29) is 12.4 Å². The van der Waals surface area contributed by atoms with Crippen molar-refractivity contribution >= 4 is 0 Å². The maximum Gasteiger partial charge on any atom is 0.157 e. The minimum Gasteiger partial charge on any atom is -0.353 e. The highest BCUT2D eigenvalue weighted by molar-refractivity contribution is 4.59. The first-order chi connectivity index (χ1) is 6.83. The first-order valence-electron chi connectivity index (χ1n) is 5.11. The van der Waals surface area contributed by atoms with Crippen molar-refractivity contribution in [3.05, 3.63) is 10.4 Å². The minimum atomic E-state index is -0.0511. The Hall–Kier alpha value is -0.770. The molecule has 0 radical (unpaired) electrons. The van der Waals surface area contributed by atoms with E-state index in [1.807, 2.05) is 6.92 Å². The van der Waals surface area contributed by atoms with Gasteiger partial charge < -0.3 is 9.47 Å². The summed E-state index contributed by atoms with van der Waals surface area (Å²) >= 11 is 0. The molecule has 0 aliphatic carbocycles. The van der Waals surface area contributed by atoms with Crippen LogP contribution in [0.25, 0.3) is 10.4 Å². The van der Waals surface area contributed by atoms with Crippen LogP contribution in [0.3, 0.4) is 0 Å². The molecule has 0 bridgehead atoms. The number of azide groups is 1. The molecule has 5 nitrogen and oxygen atoms in total. The highest BCUT2D eigenvalue weighted by Gasteiger charge is 2.16. The average molecular weight is 199 g/mol. The maximum absolute atomic E-state index is 8.09. The summed E-state index contributed by atoms with van der Waals surface area (Å²) < 4.78 is 11.1. The average Bonchev–Trinajstić information content (AvgIpc) is 2.20. The third-order valence-corrected chi connectivity index (χ3v) is 2.22. The SMILES string of the molecule is C[C@H](CCN=[N+]=[N-])O[C@@H]1CCCCO1. The molecule has 0 aromatic heterocycles. The van der Waals surface area contributed by atoms with Crippen LogP contribution in [0.15, 0.2) is 5.11 Å². The Bertz CT molecular complexity index is 198. The van der Waals surface area contributed by atoms with E-state index in [0.717, 1.165) is 25.9 Å². The van der Waals surface area contributed by atoms with Crippen molar-refractivity contribution < 1.29 is 9.47 Å². The van der Waals surface area contributed by atoms with Crippen LogP contribution in [0.2, 0.25) is 0 Å². The molecule has 0 unspecified atom stereocenters. The molecule has 2 atom stereocenters. The standard InChI is InChI=1S/C9H17N3O2/c1-8(5-6-11-12-10)14-9-4-2-3-7-13-9/h8-9H,2-7H2,1H3/t8-,9-/m1/s1. The molecule has 0 N–H and O–H groups in total. The van der Waals surface area contributed by atoms with Gasteiger partial charge in [0.05, 0.1) is 6.10 Å². The second-order valence-corrected chi connectivity index (χ2v) is 3.49. The van der Waals surface area contributed by atoms with Crippen molar-refractivity contribution in [1.82, 2.24) is 0 Å². The van der Waals surface area contributed by atoms with Crippen LogP contribution >= 0.6 is 0 Å². The first-order valence-corrected chi connectivity index (χ1v) is 5.11. The van der Waals surface area contributed by atoms with Crippen molar-refractivity contribution in [3.63, 3.8) is 0 Å². The van der Waals surface area contributed by atoms with Gasteiger partial charge in [0.15, 0.2) is 6.29 Å². The Morgan fingerprint density at radius 1 is 1.64 bits per heavy atom. The lowest BCUT2D eigenvalue weighted by atomic mass is 10.2. The summed E-state index contributed by atoms with van der Waals surface area (Å²) in [6, 6.07) is 0. The Morgan fingerprint density at radius 3 is 3.14 bits per heavy atom. The predicted molar refractivity (Wildman–Crippen MR) is 52.8 cm³/mol. The van der Waals surface area contributed by atoms with Crippen LogP contribution in [-0.4, -0.2) is 25.5 Å². The molecule has 1 heterocycles. The Labute approximate surface area is 84.0 Å². The van der Waals surface area contributed by atoms with Gasteiger partial charge in [0.25, 0.3) is 0 Å². The lowest BCUT2D eigenvalue weighted by molar-refractivity contribution is -0.184. The molecule has 0 aromatic carbocycles. The lowest BCUT2D eigenvalue weighted by Crippen LogP contribution is -2.26. The summed E-state index contributed by atoms with van der Waals surface area (Å²) in [5.74, 6) is 0. The topological polar surface area (TPSA) is 67.2 Å². The molecule has 1 rings (SSSR count). The number of hydrogen-bond acceptors (Lipinski definition) is 3. The molecular weight excluding hydrogens is 182 g/mol. The van der Waals surface area contributed by atoms with E-state index in [9.17, 15) is 0 Å². The molecule has 0 saturated carbocycles. The van der Waals surface area contributed by atoms with Gasteiger partial charge in [0.1, 0.15) is 0 Å². The van der Waals surface area contributed by atoms with E-state index in [4.69, 9.17) is 15.0 Å². The second-order valence-electron chi connectivity index (χ2n) is 3.49. The zero-order chi connectivity index (χ0) is 10.2. The van der Waals surface area contributed by atoms with Gasteiger partial charge in [-0.25, -0.2) is 0 Å². The Balaban J connectivity index is 2.11. The number of nitrogens with zero attached hydrogens (tertiary/aromatic N) is 3. The van der Waals surface area contributed by atoms with Gasteiger partial charge in [-0.1, -0.05) is 5.11 Å². The molecule has 5 heteroatoms. The second kappa shape index (κ2) is 6.65. The third-order valence-electron chi connectivity index (χ3n) is 2.22.